The molecule has 0 saturated carbocycles. The third kappa shape index (κ3) is 4.38. The van der Waals surface area contributed by atoms with Gasteiger partial charge in [0.15, 0.2) is 0 Å². The van der Waals surface area contributed by atoms with Gasteiger partial charge in [0, 0.05) is 31.7 Å². The molecule has 2 heterocycles. The Bertz CT molecular complexity index is 614. The molecule has 0 bridgehead atoms. The number of nitrogens with zero attached hydrogens (tertiary/aromatic N) is 2. The molecule has 2 atom stereocenters. The lowest BCUT2D eigenvalue weighted by atomic mass is 10.0. The van der Waals surface area contributed by atoms with Crippen LogP contribution in [0.4, 0.5) is 4.39 Å². The SMILES string of the molecule is C[C@@H](NC[C@@H](c1ccccc1)N1CCOCC1)c1ccc(F)cn1. The van der Waals surface area contributed by atoms with Crippen molar-refractivity contribution in [3.63, 3.8) is 0 Å². The van der Waals surface area contributed by atoms with Gasteiger partial charge in [-0.3, -0.25) is 9.88 Å². The van der Waals surface area contributed by atoms with Crippen molar-refractivity contribution in [1.82, 2.24) is 15.2 Å². The summed E-state index contributed by atoms with van der Waals surface area (Å²) in [4.78, 5) is 6.63. The summed E-state index contributed by atoms with van der Waals surface area (Å²) in [5.74, 6) is -0.304. The Kier molecular flexibility index (Phi) is 5.91. The number of ether oxygens (including phenoxy) is 1. The third-order valence-electron chi connectivity index (χ3n) is 4.48. The summed E-state index contributed by atoms with van der Waals surface area (Å²) in [5.41, 5.74) is 2.15. The number of aromatic nitrogens is 1. The number of nitrogens with one attached hydrogen (secondary N) is 1. The summed E-state index contributed by atoms with van der Waals surface area (Å²) in [6, 6.07) is 14.1. The number of benzene rings is 1. The van der Waals surface area contributed by atoms with E-state index in [0.29, 0.717) is 0 Å². The molecule has 3 rings (SSSR count). The van der Waals surface area contributed by atoms with Crippen LogP contribution in [0.15, 0.2) is 48.7 Å². The molecule has 4 nitrogen and oxygen atoms in total. The van der Waals surface area contributed by atoms with Crippen LogP contribution >= 0.6 is 0 Å². The average molecular weight is 329 g/mol. The average Bonchev–Trinajstić information content (AvgIpc) is 2.64. The number of hydrogen-bond donors (Lipinski definition) is 1. The summed E-state index contributed by atoms with van der Waals surface area (Å²) in [7, 11) is 0. The number of hydrogen-bond acceptors (Lipinski definition) is 4. The van der Waals surface area contributed by atoms with Gasteiger partial charge in [0.05, 0.1) is 25.1 Å². The van der Waals surface area contributed by atoms with E-state index in [1.165, 1.54) is 17.8 Å². The number of halogens is 1. The highest BCUT2D eigenvalue weighted by molar-refractivity contribution is 5.20. The van der Waals surface area contributed by atoms with Crippen molar-refractivity contribution < 1.29 is 9.13 Å². The molecule has 128 valence electrons. The maximum absolute atomic E-state index is 13.0. The summed E-state index contributed by atoms with van der Waals surface area (Å²) >= 11 is 0. The Morgan fingerprint density at radius 1 is 1.17 bits per heavy atom. The smallest absolute Gasteiger partial charge is 0.141 e. The number of morpholine rings is 1. The molecule has 1 saturated heterocycles. The lowest BCUT2D eigenvalue weighted by Crippen LogP contribution is -2.43. The van der Waals surface area contributed by atoms with Crippen molar-refractivity contribution in [2.24, 2.45) is 0 Å². The Morgan fingerprint density at radius 2 is 1.92 bits per heavy atom. The first-order valence-electron chi connectivity index (χ1n) is 8.45. The maximum Gasteiger partial charge on any atom is 0.141 e. The molecule has 0 spiro atoms. The Morgan fingerprint density at radius 3 is 2.58 bits per heavy atom. The molecule has 1 N–H and O–H groups in total. The van der Waals surface area contributed by atoms with Crippen LogP contribution in [-0.2, 0) is 4.74 Å². The molecule has 0 amide bonds. The van der Waals surface area contributed by atoms with Gasteiger partial charge in [-0.15, -0.1) is 0 Å². The first-order valence-corrected chi connectivity index (χ1v) is 8.45. The van der Waals surface area contributed by atoms with Crippen LogP contribution < -0.4 is 5.32 Å². The second kappa shape index (κ2) is 8.33. The first-order chi connectivity index (χ1) is 11.7. The van der Waals surface area contributed by atoms with E-state index in [2.05, 4.69) is 46.4 Å². The minimum absolute atomic E-state index is 0.0675. The molecule has 1 fully saturated rings. The van der Waals surface area contributed by atoms with Gasteiger partial charge in [-0.25, -0.2) is 4.39 Å². The summed E-state index contributed by atoms with van der Waals surface area (Å²) in [6.07, 6.45) is 1.27. The van der Waals surface area contributed by atoms with Crippen molar-refractivity contribution in [3.05, 3.63) is 65.7 Å². The zero-order valence-corrected chi connectivity index (χ0v) is 14.0. The van der Waals surface area contributed by atoms with Gasteiger partial charge in [0.25, 0.3) is 0 Å². The predicted octanol–water partition coefficient (Wildman–Crippen LogP) is 2.94. The van der Waals surface area contributed by atoms with Gasteiger partial charge < -0.3 is 10.1 Å². The summed E-state index contributed by atoms with van der Waals surface area (Å²) in [5, 5.41) is 3.55. The van der Waals surface area contributed by atoms with E-state index in [1.54, 1.807) is 6.07 Å². The van der Waals surface area contributed by atoms with E-state index in [-0.39, 0.29) is 17.9 Å². The highest BCUT2D eigenvalue weighted by Gasteiger charge is 2.23. The van der Waals surface area contributed by atoms with Gasteiger partial charge >= 0.3 is 0 Å². The van der Waals surface area contributed by atoms with Crippen molar-refractivity contribution in [3.8, 4) is 0 Å². The largest absolute Gasteiger partial charge is 0.379 e. The van der Waals surface area contributed by atoms with Gasteiger partial charge in [-0.2, -0.15) is 0 Å². The zero-order chi connectivity index (χ0) is 16.8. The summed E-state index contributed by atoms with van der Waals surface area (Å²) < 4.78 is 18.5. The van der Waals surface area contributed by atoms with Crippen LogP contribution in [0.5, 0.6) is 0 Å². The first kappa shape index (κ1) is 17.0. The molecule has 1 aromatic carbocycles. The van der Waals surface area contributed by atoms with Crippen LogP contribution in [0.25, 0.3) is 0 Å². The van der Waals surface area contributed by atoms with Crippen molar-refractivity contribution >= 4 is 0 Å². The van der Waals surface area contributed by atoms with Crippen molar-refractivity contribution in [2.75, 3.05) is 32.8 Å². The van der Waals surface area contributed by atoms with E-state index < -0.39 is 0 Å². The van der Waals surface area contributed by atoms with E-state index in [0.717, 1.165) is 38.5 Å². The second-order valence-electron chi connectivity index (χ2n) is 6.11. The molecule has 0 unspecified atom stereocenters. The van der Waals surface area contributed by atoms with E-state index in [4.69, 9.17) is 4.74 Å². The quantitative estimate of drug-likeness (QED) is 0.884. The van der Waals surface area contributed by atoms with Gasteiger partial charge in [-0.1, -0.05) is 30.3 Å². The third-order valence-corrected chi connectivity index (χ3v) is 4.48. The summed E-state index contributed by atoms with van der Waals surface area (Å²) in [6.45, 7) is 6.29. The molecule has 2 aromatic rings. The number of rotatable bonds is 6. The number of pyridine rings is 1. The van der Waals surface area contributed by atoms with Crippen LogP contribution in [0.2, 0.25) is 0 Å². The molecule has 1 aliphatic rings. The lowest BCUT2D eigenvalue weighted by Gasteiger charge is -2.35. The monoisotopic (exact) mass is 329 g/mol. The van der Waals surface area contributed by atoms with Crippen molar-refractivity contribution in [1.29, 1.82) is 0 Å². The van der Waals surface area contributed by atoms with Crippen LogP contribution in [0.1, 0.15) is 30.3 Å². The molecular weight excluding hydrogens is 305 g/mol. The normalized spacial score (nSPS) is 18.2. The highest BCUT2D eigenvalue weighted by atomic mass is 19.1. The van der Waals surface area contributed by atoms with E-state index in [1.807, 2.05) is 6.07 Å². The van der Waals surface area contributed by atoms with Crippen LogP contribution in [-0.4, -0.2) is 42.7 Å². The van der Waals surface area contributed by atoms with Crippen LogP contribution in [0, 0.1) is 5.82 Å². The standard InChI is InChI=1S/C19H24FN3O/c1-15(18-8-7-17(20)13-22-18)21-14-19(16-5-3-2-4-6-16)23-9-11-24-12-10-23/h2-8,13,15,19,21H,9-12,14H2,1H3/t15-,19+/m1/s1. The molecular formula is C19H24FN3O. The van der Waals surface area contributed by atoms with E-state index >= 15 is 0 Å². The predicted molar refractivity (Wildman–Crippen MR) is 92.2 cm³/mol. The minimum Gasteiger partial charge on any atom is -0.379 e. The zero-order valence-electron chi connectivity index (χ0n) is 14.0. The Labute approximate surface area is 142 Å². The van der Waals surface area contributed by atoms with E-state index in [9.17, 15) is 4.39 Å². The van der Waals surface area contributed by atoms with Gasteiger partial charge in [-0.05, 0) is 24.6 Å². The topological polar surface area (TPSA) is 37.4 Å². The molecule has 0 aliphatic carbocycles. The maximum atomic E-state index is 13.0. The fraction of sp³-hybridized carbons (Fsp3) is 0.421. The molecule has 5 heteroatoms. The molecule has 0 radical (unpaired) electrons. The minimum atomic E-state index is -0.304. The van der Waals surface area contributed by atoms with Crippen molar-refractivity contribution in [2.45, 2.75) is 19.0 Å². The Balaban J connectivity index is 1.68. The fourth-order valence-electron chi connectivity index (χ4n) is 3.06. The fourth-order valence-corrected chi connectivity index (χ4v) is 3.06. The molecule has 1 aromatic heterocycles. The second-order valence-corrected chi connectivity index (χ2v) is 6.11. The molecule has 1 aliphatic heterocycles. The van der Waals surface area contributed by atoms with Crippen LogP contribution in [0.3, 0.4) is 0 Å². The van der Waals surface area contributed by atoms with Gasteiger partial charge in [0.1, 0.15) is 5.82 Å². The highest BCUT2D eigenvalue weighted by Crippen LogP contribution is 2.22. The van der Waals surface area contributed by atoms with Gasteiger partial charge in [0.2, 0.25) is 0 Å². The lowest BCUT2D eigenvalue weighted by molar-refractivity contribution is 0.0157. The molecule has 24 heavy (non-hydrogen) atoms. The Hall–Kier alpha value is -1.82.